The zero-order valence-corrected chi connectivity index (χ0v) is 20.5. The van der Waals surface area contributed by atoms with Crippen LogP contribution in [0.3, 0.4) is 0 Å². The molecule has 4 aliphatic carbocycles. The van der Waals surface area contributed by atoms with Crippen LogP contribution >= 0.6 is 0 Å². The van der Waals surface area contributed by atoms with E-state index in [0.717, 1.165) is 18.4 Å². The van der Waals surface area contributed by atoms with Crippen molar-refractivity contribution in [3.63, 3.8) is 0 Å². The molecule has 0 aromatic carbocycles. The largest absolute Gasteiger partial charge is 0.457 e. The van der Waals surface area contributed by atoms with Gasteiger partial charge in [-0.2, -0.15) is 0 Å². The third-order valence-electron chi connectivity index (χ3n) is 9.06. The molecule has 3 saturated carbocycles. The van der Waals surface area contributed by atoms with Gasteiger partial charge in [0.05, 0.1) is 0 Å². The number of rotatable bonds is 6. The van der Waals surface area contributed by atoms with Gasteiger partial charge in [0.1, 0.15) is 5.78 Å². The lowest BCUT2D eigenvalue weighted by molar-refractivity contribution is -0.192. The molecule has 0 N–H and O–H groups in total. The second kappa shape index (κ2) is 8.58. The summed E-state index contributed by atoms with van der Waals surface area (Å²) in [6.07, 6.45) is 7.89. The average molecular weight is 475 g/mol. The number of fused-ring (bicyclic) bond motifs is 5. The summed E-state index contributed by atoms with van der Waals surface area (Å²) in [5, 5.41) is 0. The van der Waals surface area contributed by atoms with Gasteiger partial charge in [-0.05, 0) is 49.7 Å². The molecule has 0 radical (unpaired) electrons. The number of esters is 2. The van der Waals surface area contributed by atoms with Crippen molar-refractivity contribution in [2.75, 3.05) is 6.61 Å². The summed E-state index contributed by atoms with van der Waals surface area (Å²) in [6, 6.07) is 0. The van der Waals surface area contributed by atoms with Crippen molar-refractivity contribution in [2.24, 2.45) is 28.6 Å². The average Bonchev–Trinajstić information content (AvgIpc) is 3.09. The SMILES string of the molecule is CCC(=O)OCC(=O)[C@@]1(OC(=O)CC)CCC2[C@@H]3CCC4=CC(=O)C=C[C@]4(C)C3C(=O)C[C@@]21C.[HH].[HH]. The molecule has 7 heteroatoms. The summed E-state index contributed by atoms with van der Waals surface area (Å²) in [6.45, 7) is 6.78. The maximum Gasteiger partial charge on any atom is 0.306 e. The van der Waals surface area contributed by atoms with E-state index < -0.39 is 40.8 Å². The fourth-order valence-corrected chi connectivity index (χ4v) is 7.33. The van der Waals surface area contributed by atoms with Crippen molar-refractivity contribution >= 4 is 29.3 Å². The molecule has 7 nitrogen and oxygen atoms in total. The minimum Gasteiger partial charge on any atom is -0.457 e. The molecular formula is C27H38O7. The van der Waals surface area contributed by atoms with Gasteiger partial charge in [0.2, 0.25) is 5.78 Å². The Morgan fingerprint density at radius 2 is 1.79 bits per heavy atom. The van der Waals surface area contributed by atoms with Crippen LogP contribution in [0, 0.1) is 28.6 Å². The minimum atomic E-state index is -1.49. The van der Waals surface area contributed by atoms with Crippen LogP contribution in [0.5, 0.6) is 0 Å². The molecule has 6 atom stereocenters. The van der Waals surface area contributed by atoms with Crippen LogP contribution in [0.15, 0.2) is 23.8 Å². The molecule has 0 aromatic rings. The highest BCUT2D eigenvalue weighted by atomic mass is 16.6. The van der Waals surface area contributed by atoms with Crippen molar-refractivity contribution in [2.45, 2.75) is 78.2 Å². The fraction of sp³-hybridized carbons (Fsp3) is 0.667. The van der Waals surface area contributed by atoms with Crippen LogP contribution < -0.4 is 0 Å². The minimum absolute atomic E-state index is 0. The predicted octanol–water partition coefficient (Wildman–Crippen LogP) is 4.18. The summed E-state index contributed by atoms with van der Waals surface area (Å²) in [7, 11) is 0. The Balaban J connectivity index is 0.00000228. The first-order chi connectivity index (χ1) is 16.0. The molecule has 0 aromatic heterocycles. The number of ether oxygens (including phenoxy) is 2. The molecule has 4 rings (SSSR count). The molecule has 0 bridgehead atoms. The first-order valence-electron chi connectivity index (χ1n) is 12.4. The number of Topliss-reactive ketones (excluding diaryl/α,β-unsaturated/α-hetero) is 2. The van der Waals surface area contributed by atoms with Gasteiger partial charge >= 0.3 is 11.9 Å². The summed E-state index contributed by atoms with van der Waals surface area (Å²) < 4.78 is 11.1. The van der Waals surface area contributed by atoms with Gasteiger partial charge in [0, 0.05) is 38.9 Å². The second-order valence-electron chi connectivity index (χ2n) is 10.7. The van der Waals surface area contributed by atoms with E-state index in [2.05, 4.69) is 0 Å². The van der Waals surface area contributed by atoms with E-state index in [4.69, 9.17) is 9.47 Å². The number of hydrogen-bond donors (Lipinski definition) is 0. The lowest BCUT2D eigenvalue weighted by atomic mass is 9.46. The van der Waals surface area contributed by atoms with Gasteiger partial charge in [-0.15, -0.1) is 0 Å². The smallest absolute Gasteiger partial charge is 0.306 e. The van der Waals surface area contributed by atoms with Crippen LogP contribution in [0.25, 0.3) is 0 Å². The molecule has 3 fully saturated rings. The standard InChI is InChI=1S/C27H34O7.2H2/c1-5-22(31)33-15-21(30)27(34-23(32)6-2)12-10-19-18-8-7-16-13-17(28)9-11-25(16,3)24(18)20(29)14-26(19,27)4;;/h9,11,13,18-19,24H,5-8,10,12,14-15H2,1-4H3;2*1H/t18-,19?,24?,25-,26-,27-;;/m0../s1. The van der Waals surface area contributed by atoms with E-state index in [-0.39, 0.29) is 51.4 Å². The van der Waals surface area contributed by atoms with E-state index in [1.807, 2.05) is 19.9 Å². The third kappa shape index (κ3) is 3.50. The predicted molar refractivity (Wildman–Crippen MR) is 127 cm³/mol. The Hall–Kier alpha value is -2.57. The summed E-state index contributed by atoms with van der Waals surface area (Å²) in [5.74, 6) is -1.72. The number of hydrogen-bond acceptors (Lipinski definition) is 7. The molecule has 0 saturated heterocycles. The molecule has 0 aliphatic heterocycles. The summed E-state index contributed by atoms with van der Waals surface area (Å²) in [5.41, 5.74) is -1.88. The second-order valence-corrected chi connectivity index (χ2v) is 10.7. The molecule has 188 valence electrons. The van der Waals surface area contributed by atoms with Crippen molar-refractivity contribution in [3.8, 4) is 0 Å². The summed E-state index contributed by atoms with van der Waals surface area (Å²) >= 11 is 0. The van der Waals surface area contributed by atoms with Gasteiger partial charge in [-0.25, -0.2) is 0 Å². The van der Waals surface area contributed by atoms with Crippen molar-refractivity contribution < 1.29 is 36.3 Å². The molecular weight excluding hydrogens is 436 g/mol. The highest BCUT2D eigenvalue weighted by Crippen LogP contribution is 2.67. The zero-order valence-electron chi connectivity index (χ0n) is 20.5. The van der Waals surface area contributed by atoms with E-state index in [9.17, 15) is 24.0 Å². The molecule has 34 heavy (non-hydrogen) atoms. The van der Waals surface area contributed by atoms with Gasteiger partial charge in [0.15, 0.2) is 18.0 Å². The quantitative estimate of drug-likeness (QED) is 0.532. The first kappa shape index (κ1) is 24.6. The Bertz CT molecular complexity index is 1020. The highest BCUT2D eigenvalue weighted by molar-refractivity contribution is 6.02. The Labute approximate surface area is 203 Å². The Morgan fingerprint density at radius 1 is 1.09 bits per heavy atom. The number of carbonyl (C=O) groups excluding carboxylic acids is 5. The van der Waals surface area contributed by atoms with E-state index >= 15 is 0 Å². The van der Waals surface area contributed by atoms with Crippen molar-refractivity contribution in [1.29, 1.82) is 0 Å². The fourth-order valence-electron chi connectivity index (χ4n) is 7.33. The maximum absolute atomic E-state index is 13.8. The van der Waals surface area contributed by atoms with Gasteiger partial charge in [-0.3, -0.25) is 24.0 Å². The zero-order chi connectivity index (χ0) is 24.9. The van der Waals surface area contributed by atoms with Crippen LogP contribution in [0.2, 0.25) is 0 Å². The van der Waals surface area contributed by atoms with Crippen LogP contribution in [0.4, 0.5) is 0 Å². The topological polar surface area (TPSA) is 104 Å². The van der Waals surface area contributed by atoms with Crippen LogP contribution in [-0.2, 0) is 33.4 Å². The van der Waals surface area contributed by atoms with E-state index in [1.165, 1.54) is 0 Å². The number of ketones is 3. The molecule has 2 unspecified atom stereocenters. The number of carbonyl (C=O) groups is 5. The Morgan fingerprint density at radius 3 is 2.47 bits per heavy atom. The van der Waals surface area contributed by atoms with E-state index in [0.29, 0.717) is 12.8 Å². The lowest BCUT2D eigenvalue weighted by Crippen LogP contribution is -2.62. The lowest BCUT2D eigenvalue weighted by Gasteiger charge is -2.57. The maximum atomic E-state index is 13.8. The van der Waals surface area contributed by atoms with Crippen LogP contribution in [-0.4, -0.2) is 41.5 Å². The number of allylic oxidation sites excluding steroid dienone is 4. The van der Waals surface area contributed by atoms with Gasteiger partial charge in [0.25, 0.3) is 0 Å². The van der Waals surface area contributed by atoms with Crippen molar-refractivity contribution in [1.82, 2.24) is 0 Å². The third-order valence-corrected chi connectivity index (χ3v) is 9.06. The molecule has 0 amide bonds. The van der Waals surface area contributed by atoms with Gasteiger partial charge < -0.3 is 9.47 Å². The molecule has 0 heterocycles. The molecule has 4 aliphatic rings. The van der Waals surface area contributed by atoms with Crippen molar-refractivity contribution in [3.05, 3.63) is 23.8 Å². The summed E-state index contributed by atoms with van der Waals surface area (Å²) in [4.78, 5) is 63.6. The highest BCUT2D eigenvalue weighted by Gasteiger charge is 2.70. The van der Waals surface area contributed by atoms with Gasteiger partial charge in [-0.1, -0.05) is 39.3 Å². The monoisotopic (exact) mass is 474 g/mol. The van der Waals surface area contributed by atoms with Crippen LogP contribution in [0.1, 0.15) is 75.5 Å². The Kier molecular flexibility index (Phi) is 6.19. The molecule has 0 spiro atoms. The van der Waals surface area contributed by atoms with E-state index in [1.54, 1.807) is 26.0 Å². The first-order valence-corrected chi connectivity index (χ1v) is 12.4. The normalized spacial score (nSPS) is 38.4.